The van der Waals surface area contributed by atoms with E-state index in [1.165, 1.54) is 24.7 Å². The van der Waals surface area contributed by atoms with Gasteiger partial charge in [0.25, 0.3) is 0 Å². The van der Waals surface area contributed by atoms with E-state index in [9.17, 15) is 22.0 Å². The van der Waals surface area contributed by atoms with Crippen LogP contribution in [-0.2, 0) is 12.7 Å². The molecule has 0 bridgehead atoms. The van der Waals surface area contributed by atoms with Crippen LogP contribution in [0.4, 0.5) is 27.8 Å². The van der Waals surface area contributed by atoms with Crippen LogP contribution in [0.15, 0.2) is 49.1 Å². The Morgan fingerprint density at radius 3 is 2.50 bits per heavy atom. The van der Waals surface area contributed by atoms with Crippen LogP contribution in [0, 0.1) is 11.6 Å². The molecule has 0 radical (unpaired) electrons. The molecule has 0 unspecified atom stereocenters. The van der Waals surface area contributed by atoms with Crippen LogP contribution in [0.1, 0.15) is 11.1 Å². The molecule has 0 amide bonds. The fraction of sp³-hybridized carbons (Fsp3) is 0.118. The van der Waals surface area contributed by atoms with Gasteiger partial charge in [0, 0.05) is 42.2 Å². The number of anilines is 1. The predicted molar refractivity (Wildman–Crippen MR) is 83.9 cm³/mol. The van der Waals surface area contributed by atoms with E-state index in [-0.39, 0.29) is 29.2 Å². The lowest BCUT2D eigenvalue weighted by atomic mass is 10.1. The smallest absolute Gasteiger partial charge is 0.366 e. The van der Waals surface area contributed by atoms with Crippen molar-refractivity contribution in [3.05, 3.63) is 71.8 Å². The van der Waals surface area contributed by atoms with E-state index in [0.717, 1.165) is 24.4 Å². The van der Waals surface area contributed by atoms with E-state index in [4.69, 9.17) is 0 Å². The molecule has 9 heteroatoms. The molecule has 134 valence electrons. The van der Waals surface area contributed by atoms with Gasteiger partial charge in [-0.1, -0.05) is 6.07 Å². The lowest BCUT2D eigenvalue weighted by molar-refractivity contribution is -0.137. The maximum Gasteiger partial charge on any atom is 0.417 e. The number of aromatic nitrogens is 3. The van der Waals surface area contributed by atoms with E-state index in [0.29, 0.717) is 0 Å². The first kappa shape index (κ1) is 17.7. The van der Waals surface area contributed by atoms with Crippen molar-refractivity contribution in [2.75, 3.05) is 5.32 Å². The van der Waals surface area contributed by atoms with Gasteiger partial charge in [-0.2, -0.15) is 13.2 Å². The number of halogens is 5. The molecule has 3 rings (SSSR count). The van der Waals surface area contributed by atoms with E-state index >= 15 is 0 Å². The molecule has 1 N–H and O–H groups in total. The third kappa shape index (κ3) is 4.11. The second kappa shape index (κ2) is 7.03. The van der Waals surface area contributed by atoms with Gasteiger partial charge in [0.1, 0.15) is 23.8 Å². The third-order valence-corrected chi connectivity index (χ3v) is 3.50. The quantitative estimate of drug-likeness (QED) is 0.694. The van der Waals surface area contributed by atoms with Gasteiger partial charge >= 0.3 is 6.18 Å². The van der Waals surface area contributed by atoms with Crippen LogP contribution in [0.2, 0.25) is 0 Å². The minimum Gasteiger partial charge on any atom is -0.366 e. The molecule has 2 aromatic heterocycles. The highest BCUT2D eigenvalue weighted by Crippen LogP contribution is 2.31. The molecule has 3 aromatic rings. The van der Waals surface area contributed by atoms with Crippen molar-refractivity contribution in [1.82, 2.24) is 15.0 Å². The number of pyridine rings is 1. The molecule has 2 heterocycles. The van der Waals surface area contributed by atoms with Crippen LogP contribution < -0.4 is 5.32 Å². The highest BCUT2D eigenvalue weighted by Gasteiger charge is 2.31. The van der Waals surface area contributed by atoms with Gasteiger partial charge in [0.05, 0.1) is 11.3 Å². The molecule has 26 heavy (non-hydrogen) atoms. The molecular weight excluding hydrogens is 355 g/mol. The van der Waals surface area contributed by atoms with Gasteiger partial charge in [-0.25, -0.2) is 18.7 Å². The third-order valence-electron chi connectivity index (χ3n) is 3.50. The number of hydrogen-bond acceptors (Lipinski definition) is 4. The first-order chi connectivity index (χ1) is 12.3. The molecule has 0 aliphatic heterocycles. The highest BCUT2D eigenvalue weighted by molar-refractivity contribution is 5.62. The number of nitrogens with one attached hydrogen (secondary N) is 1. The van der Waals surface area contributed by atoms with E-state index in [2.05, 4.69) is 20.3 Å². The summed E-state index contributed by atoms with van der Waals surface area (Å²) in [4.78, 5) is 11.5. The standard InChI is InChI=1S/C17H11F5N4/c18-13-2-1-10(14(19)4-13)7-24-16-5-15(25-9-26-16)11-3-12(8-23-6-11)17(20,21)22/h1-6,8-9H,7H2,(H,24,25,26). The van der Waals surface area contributed by atoms with E-state index in [1.54, 1.807) is 0 Å². The van der Waals surface area contributed by atoms with Gasteiger partial charge < -0.3 is 5.32 Å². The summed E-state index contributed by atoms with van der Waals surface area (Å²) in [5, 5.41) is 2.82. The van der Waals surface area contributed by atoms with Crippen LogP contribution in [0.5, 0.6) is 0 Å². The average molecular weight is 366 g/mol. The Balaban J connectivity index is 1.80. The monoisotopic (exact) mass is 366 g/mol. The maximum atomic E-state index is 13.6. The van der Waals surface area contributed by atoms with Crippen LogP contribution in [-0.4, -0.2) is 15.0 Å². The summed E-state index contributed by atoms with van der Waals surface area (Å²) in [6.45, 7) is 0.0173. The van der Waals surface area contributed by atoms with Gasteiger partial charge in [-0.05, 0) is 12.1 Å². The van der Waals surface area contributed by atoms with Crippen LogP contribution >= 0.6 is 0 Å². The van der Waals surface area contributed by atoms with Gasteiger partial charge in [0.2, 0.25) is 0 Å². The zero-order valence-corrected chi connectivity index (χ0v) is 13.1. The summed E-state index contributed by atoms with van der Waals surface area (Å²) in [5.74, 6) is -1.13. The Kier molecular flexibility index (Phi) is 4.79. The first-order valence-electron chi connectivity index (χ1n) is 7.35. The molecule has 0 fully saturated rings. The maximum absolute atomic E-state index is 13.6. The molecule has 0 aliphatic rings. The predicted octanol–water partition coefficient (Wildman–Crippen LogP) is 4.45. The SMILES string of the molecule is Fc1ccc(CNc2cc(-c3cncc(C(F)(F)F)c3)ncn2)c(F)c1. The van der Waals surface area contributed by atoms with Gasteiger partial charge in [-0.3, -0.25) is 4.98 Å². The summed E-state index contributed by atoms with van der Waals surface area (Å²) in [6.07, 6.45) is -1.38. The van der Waals surface area contributed by atoms with Crippen LogP contribution in [0.3, 0.4) is 0 Å². The summed E-state index contributed by atoms with van der Waals surface area (Å²) in [6, 6.07) is 5.52. The number of benzene rings is 1. The normalized spacial score (nSPS) is 11.4. The molecular formula is C17H11F5N4. The largest absolute Gasteiger partial charge is 0.417 e. The van der Waals surface area contributed by atoms with E-state index in [1.807, 2.05) is 0 Å². The van der Waals surface area contributed by atoms with Crippen molar-refractivity contribution < 1.29 is 22.0 Å². The highest BCUT2D eigenvalue weighted by atomic mass is 19.4. The molecule has 0 spiro atoms. The second-order valence-corrected chi connectivity index (χ2v) is 5.34. The molecule has 0 saturated carbocycles. The van der Waals surface area contributed by atoms with Crippen molar-refractivity contribution in [3.8, 4) is 11.3 Å². The Bertz CT molecular complexity index is 927. The lowest BCUT2D eigenvalue weighted by Gasteiger charge is -2.10. The molecule has 0 aliphatic carbocycles. The molecule has 0 atom stereocenters. The van der Waals surface area contributed by atoms with E-state index < -0.39 is 23.4 Å². The fourth-order valence-corrected chi connectivity index (χ4v) is 2.20. The zero-order valence-electron chi connectivity index (χ0n) is 13.1. The fourth-order valence-electron chi connectivity index (χ4n) is 2.20. The topological polar surface area (TPSA) is 50.7 Å². The Morgan fingerprint density at radius 2 is 1.77 bits per heavy atom. The molecule has 0 saturated heterocycles. The summed E-state index contributed by atoms with van der Waals surface area (Å²) in [7, 11) is 0. The number of hydrogen-bond donors (Lipinski definition) is 1. The Morgan fingerprint density at radius 1 is 0.962 bits per heavy atom. The van der Waals surface area contributed by atoms with Crippen LogP contribution in [0.25, 0.3) is 11.3 Å². The number of nitrogens with zero attached hydrogens (tertiary/aromatic N) is 3. The zero-order chi connectivity index (χ0) is 18.7. The first-order valence-corrected chi connectivity index (χ1v) is 7.35. The summed E-state index contributed by atoms with van der Waals surface area (Å²) < 4.78 is 64.9. The van der Waals surface area contributed by atoms with Gasteiger partial charge in [0.15, 0.2) is 0 Å². The summed E-state index contributed by atoms with van der Waals surface area (Å²) in [5.41, 5.74) is -0.289. The van der Waals surface area contributed by atoms with Crippen molar-refractivity contribution in [2.45, 2.75) is 12.7 Å². The molecule has 1 aromatic carbocycles. The Labute approximate surface area is 144 Å². The average Bonchev–Trinajstić information content (AvgIpc) is 2.61. The minimum absolute atomic E-state index is 0.0173. The van der Waals surface area contributed by atoms with Gasteiger partial charge in [-0.15, -0.1) is 0 Å². The number of rotatable bonds is 4. The van der Waals surface area contributed by atoms with Crippen molar-refractivity contribution in [2.24, 2.45) is 0 Å². The molecule has 4 nitrogen and oxygen atoms in total. The Hall–Kier alpha value is -3.10. The van der Waals surface area contributed by atoms with Crippen molar-refractivity contribution in [1.29, 1.82) is 0 Å². The van der Waals surface area contributed by atoms with Crippen molar-refractivity contribution in [3.63, 3.8) is 0 Å². The second-order valence-electron chi connectivity index (χ2n) is 5.34. The lowest BCUT2D eigenvalue weighted by Crippen LogP contribution is -2.06. The minimum atomic E-state index is -4.52. The number of alkyl halides is 3. The van der Waals surface area contributed by atoms with Crippen molar-refractivity contribution >= 4 is 5.82 Å². The summed E-state index contributed by atoms with van der Waals surface area (Å²) >= 11 is 0.